The van der Waals surface area contributed by atoms with Gasteiger partial charge >= 0.3 is 0 Å². The minimum Gasteiger partial charge on any atom is -0.601 e. The molecule has 0 aromatic heterocycles. The van der Waals surface area contributed by atoms with Crippen molar-refractivity contribution < 1.29 is 9.91 Å². The largest absolute Gasteiger partial charge is 0.601 e. The third-order valence-electron chi connectivity index (χ3n) is 2.03. The molecule has 0 aliphatic rings. The van der Waals surface area contributed by atoms with Crippen molar-refractivity contribution in [3.63, 3.8) is 0 Å². The van der Waals surface area contributed by atoms with Gasteiger partial charge in [-0.2, -0.15) is 0 Å². The first-order valence-electron chi connectivity index (χ1n) is 4.72. The van der Waals surface area contributed by atoms with Gasteiger partial charge in [-0.15, -0.1) is 10.4 Å². The highest BCUT2D eigenvalue weighted by atomic mass is 127. The van der Waals surface area contributed by atoms with Crippen molar-refractivity contribution in [1.82, 2.24) is 5.53 Å². The normalized spacial score (nSPS) is 11.3. The molecular weight excluding hydrogens is 353 g/mol. The fraction of sp³-hybridized carbons (Fsp3) is 0.222. The Balaban J connectivity index is 3.13. The number of nitrogens with zero attached hydrogens (tertiary/aromatic N) is 2. The maximum atomic E-state index is 11.6. The van der Waals surface area contributed by atoms with E-state index in [1.54, 1.807) is 19.0 Å². The molecular formula is C9H10IN5O3. The van der Waals surface area contributed by atoms with Crippen molar-refractivity contribution in [3.05, 3.63) is 27.8 Å². The van der Waals surface area contributed by atoms with Gasteiger partial charge in [0.25, 0.3) is 0 Å². The van der Waals surface area contributed by atoms with E-state index in [2.05, 4.69) is 15.8 Å². The van der Waals surface area contributed by atoms with Crippen LogP contribution in [0.15, 0.2) is 22.4 Å². The maximum absolute atomic E-state index is 11.6. The van der Waals surface area contributed by atoms with Crippen LogP contribution in [0.25, 0.3) is 0 Å². The lowest BCUT2D eigenvalue weighted by Gasteiger charge is -2.19. The second-order valence-corrected chi connectivity index (χ2v) is 3.77. The molecule has 0 fully saturated rings. The van der Waals surface area contributed by atoms with E-state index in [0.29, 0.717) is 15.9 Å². The zero-order valence-corrected chi connectivity index (χ0v) is 11.5. The summed E-state index contributed by atoms with van der Waals surface area (Å²) in [6, 6.07) is 4.52. The molecule has 3 N–H and O–H groups in total. The van der Waals surface area contributed by atoms with Gasteiger partial charge in [0.05, 0.1) is 0 Å². The predicted molar refractivity (Wildman–Crippen MR) is 73.4 cm³/mol. The van der Waals surface area contributed by atoms with Crippen molar-refractivity contribution >= 4 is 40.0 Å². The molecule has 0 heterocycles. The van der Waals surface area contributed by atoms with Gasteiger partial charge in [-0.05, 0) is 40.3 Å². The Morgan fingerprint density at radius 3 is 2.94 bits per heavy atom. The minimum atomic E-state index is -0.552. The molecule has 9 heteroatoms. The second kappa shape index (κ2) is 7.01. The molecule has 0 amide bonds. The van der Waals surface area contributed by atoms with E-state index in [1.807, 2.05) is 22.6 Å². The number of rotatable bonds is 6. The number of nitrogens with one attached hydrogen (secondary N) is 3. The van der Waals surface area contributed by atoms with E-state index < -0.39 is 5.17 Å². The number of hydrogen-bond donors (Lipinski definition) is 3. The second-order valence-electron chi connectivity index (χ2n) is 3.15. The summed E-state index contributed by atoms with van der Waals surface area (Å²) < 4.78 is 5.64. The maximum Gasteiger partial charge on any atom is 0.160 e. The summed E-state index contributed by atoms with van der Waals surface area (Å²) in [5.74, 6) is 0.353. The number of ether oxygens (including phenoxy) is 1. The number of hydrogen-bond acceptors (Lipinski definition) is 7. The number of aryl methyl sites for hydroxylation is 1. The first-order chi connectivity index (χ1) is 8.63. The summed E-state index contributed by atoms with van der Waals surface area (Å²) >= 11 is 1.99. The van der Waals surface area contributed by atoms with E-state index in [0.717, 1.165) is 0 Å². The molecule has 0 aliphatic carbocycles. The summed E-state index contributed by atoms with van der Waals surface area (Å²) in [6.45, 7) is 1.70. The number of quaternary nitrogens is 1. The highest BCUT2D eigenvalue weighted by Crippen LogP contribution is 2.33. The van der Waals surface area contributed by atoms with Crippen LogP contribution in [0.2, 0.25) is 0 Å². The summed E-state index contributed by atoms with van der Waals surface area (Å²) in [5, 5.41) is 23.6. The molecule has 1 aromatic rings. The van der Waals surface area contributed by atoms with Crippen LogP contribution in [0.3, 0.4) is 0 Å². The lowest BCUT2D eigenvalue weighted by molar-refractivity contribution is -0.829. The number of benzene rings is 1. The standard InChI is InChI=1S/C9H10IN5O3/c1-6-2-7(15(17)14-12-5-11)3-8(13-16)9(6)18-4-10/h2-3,11,14-15H,4H2,1H3. The average Bonchev–Trinajstić information content (AvgIpc) is 2.38. The Morgan fingerprint density at radius 1 is 1.67 bits per heavy atom. The third kappa shape index (κ3) is 3.47. The van der Waals surface area contributed by atoms with Crippen LogP contribution in [0.5, 0.6) is 5.75 Å². The molecule has 0 aliphatic heterocycles. The first kappa shape index (κ1) is 14.5. The summed E-state index contributed by atoms with van der Waals surface area (Å²) in [7, 11) is 0. The van der Waals surface area contributed by atoms with Gasteiger partial charge in [0.2, 0.25) is 0 Å². The fourth-order valence-corrected chi connectivity index (χ4v) is 1.65. The highest BCUT2D eigenvalue weighted by molar-refractivity contribution is 14.1. The lowest BCUT2D eigenvalue weighted by atomic mass is 10.1. The number of nitroso groups, excluding NO2 is 1. The van der Waals surface area contributed by atoms with Crippen LogP contribution < -0.4 is 15.4 Å². The molecule has 1 atom stereocenters. The Bertz CT molecular complexity index is 489. The van der Waals surface area contributed by atoms with Crippen molar-refractivity contribution in [2.45, 2.75) is 6.92 Å². The Morgan fingerprint density at radius 2 is 2.39 bits per heavy atom. The van der Waals surface area contributed by atoms with Crippen LogP contribution in [0.4, 0.5) is 11.4 Å². The Hall–Kier alpha value is -1.55. The zero-order valence-electron chi connectivity index (χ0n) is 9.36. The topological polar surface area (TPSA) is 114 Å². The summed E-state index contributed by atoms with van der Waals surface area (Å²) in [6.07, 6.45) is 0. The highest BCUT2D eigenvalue weighted by Gasteiger charge is 2.14. The van der Waals surface area contributed by atoms with Gasteiger partial charge in [0.15, 0.2) is 17.1 Å². The van der Waals surface area contributed by atoms with Crippen LogP contribution in [-0.4, -0.2) is 10.6 Å². The van der Waals surface area contributed by atoms with Crippen LogP contribution in [0.1, 0.15) is 5.56 Å². The number of halogens is 1. The van der Waals surface area contributed by atoms with Gasteiger partial charge < -0.3 is 9.94 Å². The molecule has 96 valence electrons. The SMILES string of the molecule is Cc1cc([NH+]([O-])NN=C=N)cc(N=O)c1OCI. The van der Waals surface area contributed by atoms with E-state index in [4.69, 9.17) is 10.1 Å². The van der Waals surface area contributed by atoms with Gasteiger partial charge in [-0.25, -0.2) is 10.6 Å². The quantitative estimate of drug-likeness (QED) is 0.233. The monoisotopic (exact) mass is 363 g/mol. The van der Waals surface area contributed by atoms with Crippen LogP contribution in [0, 0.1) is 22.4 Å². The molecule has 0 saturated heterocycles. The summed E-state index contributed by atoms with van der Waals surface area (Å²) in [5.41, 5.74) is 2.96. The van der Waals surface area contributed by atoms with E-state index in [9.17, 15) is 10.1 Å². The van der Waals surface area contributed by atoms with Crippen molar-refractivity contribution in [3.8, 4) is 5.75 Å². The molecule has 18 heavy (non-hydrogen) atoms. The number of alkyl halides is 1. The number of hydrazone groups is 1. The third-order valence-corrected chi connectivity index (χ3v) is 2.34. The Labute approximate surface area is 116 Å². The van der Waals surface area contributed by atoms with E-state index in [-0.39, 0.29) is 11.4 Å². The fourth-order valence-electron chi connectivity index (χ4n) is 1.34. The lowest BCUT2D eigenvalue weighted by Crippen LogP contribution is -3.08. The molecule has 0 spiro atoms. The van der Waals surface area contributed by atoms with Crippen LogP contribution >= 0.6 is 22.6 Å². The van der Waals surface area contributed by atoms with E-state index >= 15 is 0 Å². The molecule has 8 nitrogen and oxygen atoms in total. The van der Waals surface area contributed by atoms with E-state index in [1.165, 1.54) is 6.07 Å². The van der Waals surface area contributed by atoms with Gasteiger partial charge in [-0.1, -0.05) is 5.10 Å². The van der Waals surface area contributed by atoms with Crippen LogP contribution in [-0.2, 0) is 0 Å². The van der Waals surface area contributed by atoms with Gasteiger partial charge in [0.1, 0.15) is 10.6 Å². The Kier molecular flexibility index (Phi) is 5.65. The van der Waals surface area contributed by atoms with Gasteiger partial charge in [-0.3, -0.25) is 0 Å². The molecule has 0 bridgehead atoms. The molecule has 1 rings (SSSR count). The minimum absolute atomic E-state index is 0.0515. The molecule has 1 aromatic carbocycles. The average molecular weight is 363 g/mol. The van der Waals surface area contributed by atoms with Crippen molar-refractivity contribution in [2.24, 2.45) is 10.3 Å². The molecule has 0 saturated carbocycles. The van der Waals surface area contributed by atoms with Crippen molar-refractivity contribution in [1.29, 1.82) is 5.41 Å². The van der Waals surface area contributed by atoms with Crippen molar-refractivity contribution in [2.75, 3.05) is 4.61 Å². The predicted octanol–water partition coefficient (Wildman–Crippen LogP) is 1.35. The molecule has 0 radical (unpaired) electrons. The first-order valence-corrected chi connectivity index (χ1v) is 6.25. The summed E-state index contributed by atoms with van der Waals surface area (Å²) in [4.78, 5) is 10.7. The molecule has 1 unspecified atom stereocenters. The zero-order chi connectivity index (χ0) is 13.5. The smallest absolute Gasteiger partial charge is 0.160 e. The van der Waals surface area contributed by atoms with Gasteiger partial charge in [0, 0.05) is 12.1 Å².